The van der Waals surface area contributed by atoms with E-state index < -0.39 is 59.5 Å². The van der Waals surface area contributed by atoms with E-state index in [0.717, 1.165) is 18.2 Å². The number of hydrogen-bond donors (Lipinski definition) is 7. The molecule has 6 unspecified atom stereocenters. The zero-order chi connectivity index (χ0) is 21.7. The van der Waals surface area contributed by atoms with Gasteiger partial charge in [-0.05, 0) is 17.7 Å². The fourth-order valence-corrected chi connectivity index (χ4v) is 3.90. The van der Waals surface area contributed by atoms with Gasteiger partial charge in [0.05, 0.1) is 12.5 Å². The van der Waals surface area contributed by atoms with Crippen LogP contribution >= 0.6 is 0 Å². The molecule has 10 nitrogen and oxygen atoms in total. The van der Waals surface area contributed by atoms with Crippen molar-refractivity contribution < 1.29 is 50.0 Å². The summed E-state index contributed by atoms with van der Waals surface area (Å²) in [5.74, 6) is -3.89. The molecule has 0 aromatic heterocycles. The normalized spacial score (nSPS) is 31.1. The minimum atomic E-state index is -1.65. The predicted octanol–water partition coefficient (Wildman–Crippen LogP) is -0.0769. The second-order valence-electron chi connectivity index (χ2n) is 7.36. The van der Waals surface area contributed by atoms with Crippen molar-refractivity contribution in [2.24, 2.45) is 5.92 Å². The van der Waals surface area contributed by atoms with Crippen molar-refractivity contribution in [3.8, 4) is 28.7 Å². The average molecular weight is 420 g/mol. The molecule has 2 aromatic carbocycles. The third-order valence-electron chi connectivity index (χ3n) is 5.42. The molecule has 6 atom stereocenters. The van der Waals surface area contributed by atoms with Crippen LogP contribution in [0.15, 0.2) is 30.3 Å². The summed E-state index contributed by atoms with van der Waals surface area (Å²) in [4.78, 5) is 13.3. The lowest BCUT2D eigenvalue weighted by molar-refractivity contribution is -0.203. The fraction of sp³-hybridized carbons (Fsp3) is 0.350. The number of aliphatic hydroxyl groups is 3. The van der Waals surface area contributed by atoms with Crippen LogP contribution in [0.2, 0.25) is 0 Å². The SMILES string of the molecule is O=C1c2c(O)cc(O)cc2OC(c2ccc(O)c(O)c2)C1C1OCC(O)C(O)C1O. The molecule has 2 aliphatic heterocycles. The third-order valence-corrected chi connectivity index (χ3v) is 5.42. The summed E-state index contributed by atoms with van der Waals surface area (Å²) < 4.78 is 11.3. The van der Waals surface area contributed by atoms with Crippen LogP contribution in [0, 0.1) is 5.92 Å². The second-order valence-corrected chi connectivity index (χ2v) is 7.36. The lowest BCUT2D eigenvalue weighted by atomic mass is 9.77. The van der Waals surface area contributed by atoms with Crippen LogP contribution in [0.25, 0.3) is 0 Å². The Morgan fingerprint density at radius 1 is 0.867 bits per heavy atom. The molecule has 10 heteroatoms. The molecule has 1 fully saturated rings. The Hall–Kier alpha value is -3.05. The highest BCUT2D eigenvalue weighted by atomic mass is 16.5. The van der Waals surface area contributed by atoms with Gasteiger partial charge in [0.25, 0.3) is 0 Å². The molecule has 0 aliphatic carbocycles. The first-order chi connectivity index (χ1) is 14.2. The standard InChI is InChI=1S/C20H20O10/c21-8-4-11(24)14-13(5-8)30-19(7-1-2-9(22)10(23)3-7)15(17(14)27)20-18(28)16(26)12(25)6-29-20/h1-5,12,15-16,18-26,28H,6H2. The largest absolute Gasteiger partial charge is 0.508 e. The Kier molecular flexibility index (Phi) is 4.94. The van der Waals surface area contributed by atoms with Crippen molar-refractivity contribution in [2.75, 3.05) is 6.61 Å². The van der Waals surface area contributed by atoms with E-state index in [4.69, 9.17) is 9.47 Å². The van der Waals surface area contributed by atoms with Gasteiger partial charge in [0.1, 0.15) is 53.3 Å². The first-order valence-corrected chi connectivity index (χ1v) is 9.13. The van der Waals surface area contributed by atoms with Crippen molar-refractivity contribution in [1.29, 1.82) is 0 Å². The van der Waals surface area contributed by atoms with Crippen LogP contribution in [-0.2, 0) is 4.74 Å². The van der Waals surface area contributed by atoms with Gasteiger partial charge in [-0.2, -0.15) is 0 Å². The van der Waals surface area contributed by atoms with Gasteiger partial charge in [-0.3, -0.25) is 4.79 Å². The molecular weight excluding hydrogens is 400 g/mol. The molecule has 160 valence electrons. The van der Waals surface area contributed by atoms with Crippen molar-refractivity contribution in [3.05, 3.63) is 41.5 Å². The highest BCUT2D eigenvalue weighted by Gasteiger charge is 2.51. The van der Waals surface area contributed by atoms with Gasteiger partial charge in [0.15, 0.2) is 17.3 Å². The number of Topliss-reactive ketones (excluding diaryl/α,β-unsaturated/α-hetero) is 1. The summed E-state index contributed by atoms with van der Waals surface area (Å²) in [5, 5.41) is 69.7. The first-order valence-electron chi connectivity index (χ1n) is 9.13. The van der Waals surface area contributed by atoms with Gasteiger partial charge < -0.3 is 45.2 Å². The predicted molar refractivity (Wildman–Crippen MR) is 98.5 cm³/mol. The van der Waals surface area contributed by atoms with Crippen molar-refractivity contribution in [2.45, 2.75) is 30.5 Å². The Bertz CT molecular complexity index is 990. The molecule has 0 saturated carbocycles. The van der Waals surface area contributed by atoms with Crippen molar-refractivity contribution in [1.82, 2.24) is 0 Å². The molecule has 7 N–H and O–H groups in total. The Morgan fingerprint density at radius 3 is 2.30 bits per heavy atom. The number of aromatic hydroxyl groups is 4. The third kappa shape index (κ3) is 3.19. The van der Waals surface area contributed by atoms with Gasteiger partial charge in [-0.15, -0.1) is 0 Å². The number of ketones is 1. The summed E-state index contributed by atoms with van der Waals surface area (Å²) in [6.45, 7) is -0.353. The quantitative estimate of drug-likeness (QED) is 0.325. The maximum absolute atomic E-state index is 13.3. The van der Waals surface area contributed by atoms with E-state index in [2.05, 4.69) is 0 Å². The maximum atomic E-state index is 13.3. The Balaban J connectivity index is 1.84. The number of benzene rings is 2. The van der Waals surface area contributed by atoms with Gasteiger partial charge in [-0.1, -0.05) is 6.07 Å². The second kappa shape index (κ2) is 7.33. The van der Waals surface area contributed by atoms with E-state index in [-0.39, 0.29) is 29.2 Å². The molecule has 2 heterocycles. The van der Waals surface area contributed by atoms with Crippen LogP contribution in [0.3, 0.4) is 0 Å². The topological polar surface area (TPSA) is 177 Å². The zero-order valence-electron chi connectivity index (χ0n) is 15.4. The number of fused-ring (bicyclic) bond motifs is 1. The highest BCUT2D eigenvalue weighted by Crippen LogP contribution is 2.47. The van der Waals surface area contributed by atoms with E-state index in [9.17, 15) is 40.5 Å². The molecule has 0 bridgehead atoms. The maximum Gasteiger partial charge on any atom is 0.180 e. The number of phenolic OH excluding ortho intramolecular Hbond substituents is 4. The molecule has 30 heavy (non-hydrogen) atoms. The summed E-state index contributed by atoms with van der Waals surface area (Å²) in [6.07, 6.45) is -7.09. The summed E-state index contributed by atoms with van der Waals surface area (Å²) in [7, 11) is 0. The molecule has 2 aromatic rings. The molecule has 0 spiro atoms. The van der Waals surface area contributed by atoms with Crippen LogP contribution < -0.4 is 4.74 Å². The summed E-state index contributed by atoms with van der Waals surface area (Å²) >= 11 is 0. The monoisotopic (exact) mass is 420 g/mol. The number of carbonyl (C=O) groups is 1. The number of rotatable bonds is 2. The van der Waals surface area contributed by atoms with E-state index in [1.807, 2.05) is 0 Å². The van der Waals surface area contributed by atoms with Gasteiger partial charge in [-0.25, -0.2) is 0 Å². The van der Waals surface area contributed by atoms with Gasteiger partial charge in [0, 0.05) is 12.1 Å². The smallest absolute Gasteiger partial charge is 0.180 e. The summed E-state index contributed by atoms with van der Waals surface area (Å²) in [5.41, 5.74) is -0.0120. The van der Waals surface area contributed by atoms with Gasteiger partial charge >= 0.3 is 0 Å². The number of carbonyl (C=O) groups excluding carboxylic acids is 1. The number of aliphatic hydroxyl groups excluding tert-OH is 3. The molecule has 2 aliphatic rings. The van der Waals surface area contributed by atoms with Crippen molar-refractivity contribution >= 4 is 5.78 Å². The fourth-order valence-electron chi connectivity index (χ4n) is 3.90. The minimum absolute atomic E-state index is 0.128. The summed E-state index contributed by atoms with van der Waals surface area (Å²) in [6, 6.07) is 5.82. The van der Waals surface area contributed by atoms with Gasteiger partial charge in [0.2, 0.25) is 0 Å². The average Bonchev–Trinajstić information content (AvgIpc) is 2.68. The highest BCUT2D eigenvalue weighted by molar-refractivity contribution is 6.04. The lowest BCUT2D eigenvalue weighted by Gasteiger charge is -2.43. The van der Waals surface area contributed by atoms with Crippen molar-refractivity contribution in [3.63, 3.8) is 0 Å². The Morgan fingerprint density at radius 2 is 1.60 bits per heavy atom. The van der Waals surface area contributed by atoms with E-state index in [1.54, 1.807) is 0 Å². The first kappa shape index (κ1) is 20.2. The minimum Gasteiger partial charge on any atom is -0.508 e. The molecule has 0 radical (unpaired) electrons. The zero-order valence-corrected chi connectivity index (χ0v) is 15.4. The molecule has 4 rings (SSSR count). The van der Waals surface area contributed by atoms with E-state index in [1.165, 1.54) is 12.1 Å². The Labute approximate surface area is 169 Å². The molecular formula is C20H20O10. The number of ether oxygens (including phenoxy) is 2. The van der Waals surface area contributed by atoms with E-state index >= 15 is 0 Å². The lowest BCUT2D eigenvalue weighted by Crippen LogP contribution is -2.58. The van der Waals surface area contributed by atoms with Crippen LogP contribution in [0.5, 0.6) is 28.7 Å². The number of phenols is 4. The number of hydrogen-bond acceptors (Lipinski definition) is 10. The van der Waals surface area contributed by atoms with E-state index in [0.29, 0.717) is 0 Å². The molecule has 1 saturated heterocycles. The molecule has 0 amide bonds. The van der Waals surface area contributed by atoms with Crippen LogP contribution in [0.4, 0.5) is 0 Å². The van der Waals surface area contributed by atoms with Crippen LogP contribution in [-0.4, -0.2) is 72.6 Å². The van der Waals surface area contributed by atoms with Crippen LogP contribution in [0.1, 0.15) is 22.0 Å².